The summed E-state index contributed by atoms with van der Waals surface area (Å²) in [5, 5.41) is 40.5. The summed E-state index contributed by atoms with van der Waals surface area (Å²) in [6.45, 7) is 1.87. The van der Waals surface area contributed by atoms with E-state index < -0.39 is 0 Å². The predicted octanol–water partition coefficient (Wildman–Crippen LogP) is -3.23. The van der Waals surface area contributed by atoms with Gasteiger partial charge in [0.2, 0.25) is 0 Å². The fraction of sp³-hybridized carbons (Fsp3) is 0.909. The molecule has 0 aliphatic rings. The number of aliphatic hydroxyl groups excluding tert-OH is 4. The molecule has 0 aromatic heterocycles. The Kier molecular flexibility index (Phi) is 12.4. The quantitative estimate of drug-likeness (QED) is 0.209. The zero-order chi connectivity index (χ0) is 15.2. The molecule has 0 aliphatic heterocycles. The molecule has 9 nitrogen and oxygen atoms in total. The molecule has 0 aromatic carbocycles. The maximum Gasteiger partial charge on any atom is 0.314 e. The van der Waals surface area contributed by atoms with Crippen LogP contribution in [0.1, 0.15) is 0 Å². The second-order valence-corrected chi connectivity index (χ2v) is 4.15. The van der Waals surface area contributed by atoms with Crippen LogP contribution in [0.4, 0.5) is 4.79 Å². The highest BCUT2D eigenvalue weighted by molar-refractivity contribution is 5.73. The first-order chi connectivity index (χ1) is 9.67. The van der Waals surface area contributed by atoms with Crippen LogP contribution in [0.25, 0.3) is 0 Å². The van der Waals surface area contributed by atoms with Crippen molar-refractivity contribution in [2.24, 2.45) is 0 Å². The second kappa shape index (κ2) is 13.0. The van der Waals surface area contributed by atoms with Crippen molar-refractivity contribution in [2.45, 2.75) is 0 Å². The van der Waals surface area contributed by atoms with E-state index in [9.17, 15) is 4.79 Å². The molecule has 0 atom stereocenters. The number of hydrogen-bond donors (Lipinski definition) is 6. The maximum atomic E-state index is 11.4. The molecule has 0 saturated heterocycles. The number of carbonyl (C=O) groups excluding carboxylic acids is 1. The van der Waals surface area contributed by atoms with Gasteiger partial charge in [-0.2, -0.15) is 0 Å². The maximum absolute atomic E-state index is 11.4. The average molecular weight is 294 g/mol. The van der Waals surface area contributed by atoms with Crippen LogP contribution in [0.2, 0.25) is 0 Å². The lowest BCUT2D eigenvalue weighted by atomic mass is 10.5. The largest absolute Gasteiger partial charge is 0.395 e. The summed E-state index contributed by atoms with van der Waals surface area (Å²) in [7, 11) is 0. The smallest absolute Gasteiger partial charge is 0.314 e. The molecule has 0 fully saturated rings. The fourth-order valence-electron chi connectivity index (χ4n) is 1.51. The molecule has 0 aromatic rings. The fourth-order valence-corrected chi connectivity index (χ4v) is 1.51. The number of rotatable bonds is 12. The van der Waals surface area contributed by atoms with Crippen molar-refractivity contribution in [1.82, 2.24) is 20.4 Å². The van der Waals surface area contributed by atoms with Gasteiger partial charge >= 0.3 is 6.03 Å². The second-order valence-electron chi connectivity index (χ2n) is 4.15. The first-order valence-electron chi connectivity index (χ1n) is 6.57. The molecular formula is C11H26N4O5. The lowest BCUT2D eigenvalue weighted by molar-refractivity contribution is 0.0876. The minimum atomic E-state index is -0.339. The van der Waals surface area contributed by atoms with Crippen molar-refractivity contribution >= 4 is 6.03 Å². The molecule has 2 amide bonds. The highest BCUT2D eigenvalue weighted by Gasteiger charge is 2.05. The first-order valence-corrected chi connectivity index (χ1v) is 6.57. The molecule has 6 N–H and O–H groups in total. The van der Waals surface area contributed by atoms with E-state index in [1.54, 1.807) is 9.80 Å². The predicted molar refractivity (Wildman–Crippen MR) is 72.9 cm³/mol. The monoisotopic (exact) mass is 294 g/mol. The molecule has 20 heavy (non-hydrogen) atoms. The van der Waals surface area contributed by atoms with Gasteiger partial charge in [-0.3, -0.25) is 9.80 Å². The van der Waals surface area contributed by atoms with Gasteiger partial charge in [-0.05, 0) is 0 Å². The molecule has 0 spiro atoms. The van der Waals surface area contributed by atoms with E-state index in [0.717, 1.165) is 0 Å². The zero-order valence-electron chi connectivity index (χ0n) is 11.7. The topological polar surface area (TPSA) is 129 Å². The Morgan fingerprint density at radius 3 is 1.45 bits per heavy atom. The van der Waals surface area contributed by atoms with Crippen LogP contribution in [-0.4, -0.2) is 102 Å². The number of hydrogen-bond acceptors (Lipinski definition) is 7. The van der Waals surface area contributed by atoms with E-state index in [-0.39, 0.29) is 32.7 Å². The Morgan fingerprint density at radius 1 is 0.750 bits per heavy atom. The summed E-state index contributed by atoms with van der Waals surface area (Å²) >= 11 is 0. The summed E-state index contributed by atoms with van der Waals surface area (Å²) in [5.74, 6) is 0. The molecule has 0 rings (SSSR count). The Morgan fingerprint density at radius 2 is 1.15 bits per heavy atom. The van der Waals surface area contributed by atoms with Crippen molar-refractivity contribution in [1.29, 1.82) is 0 Å². The highest BCUT2D eigenvalue weighted by Crippen LogP contribution is 1.84. The number of urea groups is 1. The van der Waals surface area contributed by atoms with Crippen molar-refractivity contribution in [2.75, 3.05) is 65.9 Å². The van der Waals surface area contributed by atoms with E-state index in [0.29, 0.717) is 39.3 Å². The summed E-state index contributed by atoms with van der Waals surface area (Å²) in [5.41, 5.74) is 0. The number of aliphatic hydroxyl groups is 4. The van der Waals surface area contributed by atoms with Gasteiger partial charge in [0, 0.05) is 39.3 Å². The lowest BCUT2D eigenvalue weighted by Gasteiger charge is -2.19. The van der Waals surface area contributed by atoms with E-state index in [1.807, 2.05) is 0 Å². The van der Waals surface area contributed by atoms with Crippen LogP contribution in [0, 0.1) is 0 Å². The molecule has 0 radical (unpaired) electrons. The number of amides is 2. The van der Waals surface area contributed by atoms with Crippen molar-refractivity contribution < 1.29 is 25.2 Å². The van der Waals surface area contributed by atoms with E-state index in [4.69, 9.17) is 20.4 Å². The van der Waals surface area contributed by atoms with Crippen molar-refractivity contribution in [3.05, 3.63) is 0 Å². The Balaban J connectivity index is 3.63. The van der Waals surface area contributed by atoms with E-state index in [1.165, 1.54) is 0 Å². The van der Waals surface area contributed by atoms with Gasteiger partial charge in [0.25, 0.3) is 0 Å². The Bertz CT molecular complexity index is 223. The third kappa shape index (κ3) is 9.89. The SMILES string of the molecule is O=C(NCCN(CO)CCO)NCCN(CO)CCO. The third-order valence-electron chi connectivity index (χ3n) is 2.66. The van der Waals surface area contributed by atoms with E-state index in [2.05, 4.69) is 10.6 Å². The van der Waals surface area contributed by atoms with Crippen LogP contribution < -0.4 is 10.6 Å². The van der Waals surface area contributed by atoms with E-state index >= 15 is 0 Å². The molecule has 120 valence electrons. The number of nitrogens with zero attached hydrogens (tertiary/aromatic N) is 2. The minimum absolute atomic E-state index is 0.0470. The van der Waals surface area contributed by atoms with Gasteiger partial charge in [-0.25, -0.2) is 4.79 Å². The normalized spacial score (nSPS) is 11.1. The van der Waals surface area contributed by atoms with Crippen LogP contribution in [0.3, 0.4) is 0 Å². The molecule has 0 bridgehead atoms. The van der Waals surface area contributed by atoms with Gasteiger partial charge in [0.15, 0.2) is 0 Å². The summed E-state index contributed by atoms with van der Waals surface area (Å²) in [4.78, 5) is 14.6. The zero-order valence-corrected chi connectivity index (χ0v) is 11.7. The minimum Gasteiger partial charge on any atom is -0.395 e. The summed E-state index contributed by atoms with van der Waals surface area (Å²) < 4.78 is 0. The molecule has 9 heteroatoms. The van der Waals surface area contributed by atoms with Gasteiger partial charge < -0.3 is 31.1 Å². The Hall–Kier alpha value is -0.970. The van der Waals surface area contributed by atoms with Crippen molar-refractivity contribution in [3.63, 3.8) is 0 Å². The Labute approximate surface area is 118 Å². The molecule has 0 unspecified atom stereocenters. The first kappa shape index (κ1) is 19.0. The summed E-state index contributed by atoms with van der Waals surface area (Å²) in [6, 6.07) is -0.339. The van der Waals surface area contributed by atoms with Gasteiger partial charge in [-0.15, -0.1) is 0 Å². The molecule has 0 saturated carbocycles. The summed E-state index contributed by atoms with van der Waals surface area (Å²) in [6.07, 6.45) is 0. The van der Waals surface area contributed by atoms with Crippen LogP contribution in [0.15, 0.2) is 0 Å². The van der Waals surface area contributed by atoms with Crippen LogP contribution in [-0.2, 0) is 0 Å². The number of nitrogens with one attached hydrogen (secondary N) is 2. The number of carbonyl (C=O) groups is 1. The molecule has 0 heterocycles. The highest BCUT2D eigenvalue weighted by atomic mass is 16.3. The van der Waals surface area contributed by atoms with Gasteiger partial charge in [0.05, 0.1) is 26.7 Å². The third-order valence-corrected chi connectivity index (χ3v) is 2.66. The molecular weight excluding hydrogens is 268 g/mol. The van der Waals surface area contributed by atoms with Gasteiger partial charge in [-0.1, -0.05) is 0 Å². The van der Waals surface area contributed by atoms with Crippen LogP contribution >= 0.6 is 0 Å². The van der Waals surface area contributed by atoms with Crippen LogP contribution in [0.5, 0.6) is 0 Å². The average Bonchev–Trinajstić information content (AvgIpc) is 2.45. The van der Waals surface area contributed by atoms with Crippen molar-refractivity contribution in [3.8, 4) is 0 Å². The van der Waals surface area contributed by atoms with Gasteiger partial charge in [0.1, 0.15) is 0 Å². The molecule has 0 aliphatic carbocycles. The lowest BCUT2D eigenvalue weighted by Crippen LogP contribution is -2.44. The standard InChI is InChI=1S/C11H26N4O5/c16-7-5-14(9-18)3-1-12-11(20)13-2-4-15(10-19)6-8-17/h16-19H,1-10H2,(H2,12,13,20).